The summed E-state index contributed by atoms with van der Waals surface area (Å²) in [5.41, 5.74) is 5.90. The summed E-state index contributed by atoms with van der Waals surface area (Å²) in [6.07, 6.45) is 1.63. The minimum atomic E-state index is -3.56. The van der Waals surface area contributed by atoms with E-state index in [1.54, 1.807) is 36.0 Å². The van der Waals surface area contributed by atoms with Crippen LogP contribution in [0.3, 0.4) is 0 Å². The molecule has 0 aliphatic carbocycles. The summed E-state index contributed by atoms with van der Waals surface area (Å²) in [7, 11) is -3.56. The van der Waals surface area contributed by atoms with Crippen molar-refractivity contribution >= 4 is 54.4 Å². The van der Waals surface area contributed by atoms with E-state index in [-0.39, 0.29) is 11.7 Å². The third-order valence-corrected chi connectivity index (χ3v) is 5.50. The lowest BCUT2D eigenvalue weighted by Gasteiger charge is -2.05. The molecule has 132 valence electrons. The van der Waals surface area contributed by atoms with Crippen LogP contribution >= 0.6 is 11.3 Å². The van der Waals surface area contributed by atoms with Gasteiger partial charge in [-0.25, -0.2) is 18.5 Å². The summed E-state index contributed by atoms with van der Waals surface area (Å²) in [6, 6.07) is 10.6. The molecule has 4 rings (SSSR count). The monoisotopic (exact) mass is 386 g/mol. The Labute approximate surface area is 153 Å². The fourth-order valence-corrected chi connectivity index (χ4v) is 4.18. The van der Waals surface area contributed by atoms with Gasteiger partial charge in [0, 0.05) is 17.5 Å². The van der Waals surface area contributed by atoms with Gasteiger partial charge in [0.15, 0.2) is 0 Å². The van der Waals surface area contributed by atoms with E-state index in [0.29, 0.717) is 11.1 Å². The maximum Gasteiger partial charge on any atom is 0.257 e. The van der Waals surface area contributed by atoms with Crippen molar-refractivity contribution < 1.29 is 13.2 Å². The van der Waals surface area contributed by atoms with Gasteiger partial charge in [-0.15, -0.1) is 11.3 Å². The van der Waals surface area contributed by atoms with Crippen LogP contribution in [-0.2, 0) is 20.6 Å². The van der Waals surface area contributed by atoms with Crippen LogP contribution in [0.4, 0.5) is 11.4 Å². The number of sulfonamides is 1. The highest BCUT2D eigenvalue weighted by Crippen LogP contribution is 2.38. The van der Waals surface area contributed by atoms with Crippen LogP contribution in [0, 0.1) is 0 Å². The first kappa shape index (κ1) is 16.7. The van der Waals surface area contributed by atoms with E-state index in [4.69, 9.17) is 5.14 Å². The number of anilines is 2. The highest BCUT2D eigenvalue weighted by Gasteiger charge is 2.27. The standard InChI is InChI=1S/C17H14N4O3S2/c18-26(23,24)8-10-1-3-11(4-2-10)19-7-12-15-13(21-17(12)22)5-6-14-16(15)20-9-25-14/h1-7,9,19H,8H2,(H,21,22)(H2,18,23,24)/b12-7-. The zero-order valence-electron chi connectivity index (χ0n) is 13.4. The molecular formula is C17H14N4O3S2. The van der Waals surface area contributed by atoms with E-state index in [1.807, 2.05) is 12.1 Å². The first-order valence-electron chi connectivity index (χ1n) is 7.65. The normalized spacial score (nSPS) is 15.3. The minimum Gasteiger partial charge on any atom is -0.361 e. The van der Waals surface area contributed by atoms with Crippen LogP contribution in [0.25, 0.3) is 15.8 Å². The fraction of sp³-hybridized carbons (Fsp3) is 0.0588. The molecule has 9 heteroatoms. The topological polar surface area (TPSA) is 114 Å². The van der Waals surface area contributed by atoms with Gasteiger partial charge in [0.05, 0.1) is 32.7 Å². The lowest BCUT2D eigenvalue weighted by molar-refractivity contribution is -0.110. The number of aromatic nitrogens is 1. The van der Waals surface area contributed by atoms with Crippen LogP contribution in [0.2, 0.25) is 0 Å². The smallest absolute Gasteiger partial charge is 0.257 e. The molecule has 0 atom stereocenters. The van der Waals surface area contributed by atoms with Gasteiger partial charge in [-0.3, -0.25) is 4.79 Å². The number of nitrogens with one attached hydrogen (secondary N) is 2. The lowest BCUT2D eigenvalue weighted by Crippen LogP contribution is -2.14. The maximum absolute atomic E-state index is 12.3. The van der Waals surface area contributed by atoms with Crippen molar-refractivity contribution in [2.75, 3.05) is 10.6 Å². The van der Waals surface area contributed by atoms with Gasteiger partial charge in [0.2, 0.25) is 10.0 Å². The van der Waals surface area contributed by atoms with Crippen molar-refractivity contribution in [1.29, 1.82) is 0 Å². The highest BCUT2D eigenvalue weighted by molar-refractivity contribution is 7.88. The Balaban J connectivity index is 1.62. The molecule has 1 aromatic heterocycles. The van der Waals surface area contributed by atoms with Gasteiger partial charge in [-0.05, 0) is 29.8 Å². The average Bonchev–Trinajstić information content (AvgIpc) is 3.16. The third kappa shape index (κ3) is 3.19. The number of carbonyl (C=O) groups excluding carboxylic acids is 1. The summed E-state index contributed by atoms with van der Waals surface area (Å²) < 4.78 is 23.3. The molecule has 0 bridgehead atoms. The summed E-state index contributed by atoms with van der Waals surface area (Å²) in [6.45, 7) is 0. The largest absolute Gasteiger partial charge is 0.361 e. The van der Waals surface area contributed by atoms with E-state index in [1.165, 1.54) is 11.3 Å². The van der Waals surface area contributed by atoms with Crippen LogP contribution in [0.15, 0.2) is 48.1 Å². The Hall–Kier alpha value is -2.75. The predicted octanol–water partition coefficient (Wildman–Crippen LogP) is 2.49. The SMILES string of the molecule is NS(=O)(=O)Cc1ccc(N/C=C2\C(=O)Nc3ccc4scnc4c32)cc1. The zero-order chi connectivity index (χ0) is 18.3. The zero-order valence-corrected chi connectivity index (χ0v) is 15.0. The van der Waals surface area contributed by atoms with Gasteiger partial charge in [0.1, 0.15) is 0 Å². The van der Waals surface area contributed by atoms with E-state index in [2.05, 4.69) is 15.6 Å². The number of primary sulfonamides is 1. The number of nitrogens with zero attached hydrogens (tertiary/aromatic N) is 1. The van der Waals surface area contributed by atoms with Gasteiger partial charge < -0.3 is 10.6 Å². The van der Waals surface area contributed by atoms with Crippen molar-refractivity contribution in [3.63, 3.8) is 0 Å². The molecule has 0 unspecified atom stereocenters. The first-order chi connectivity index (χ1) is 12.4. The second-order valence-electron chi connectivity index (χ2n) is 5.85. The molecule has 0 fully saturated rings. The molecule has 0 saturated heterocycles. The molecule has 2 heterocycles. The molecule has 4 N–H and O–H groups in total. The van der Waals surface area contributed by atoms with Crippen LogP contribution in [0.1, 0.15) is 11.1 Å². The van der Waals surface area contributed by atoms with Crippen molar-refractivity contribution in [3.05, 3.63) is 59.2 Å². The number of nitrogens with two attached hydrogens (primary N) is 1. The Bertz CT molecular complexity index is 1150. The van der Waals surface area contributed by atoms with E-state index in [9.17, 15) is 13.2 Å². The third-order valence-electron chi connectivity index (χ3n) is 3.97. The predicted molar refractivity (Wildman–Crippen MR) is 103 cm³/mol. The van der Waals surface area contributed by atoms with E-state index >= 15 is 0 Å². The average molecular weight is 386 g/mol. The number of hydrogen-bond acceptors (Lipinski definition) is 6. The van der Waals surface area contributed by atoms with Crippen molar-refractivity contribution in [2.45, 2.75) is 5.75 Å². The maximum atomic E-state index is 12.3. The summed E-state index contributed by atoms with van der Waals surface area (Å²) >= 11 is 1.52. The molecule has 3 aromatic rings. The Morgan fingerprint density at radius 3 is 2.69 bits per heavy atom. The number of thiazole rings is 1. The number of amides is 1. The van der Waals surface area contributed by atoms with Crippen LogP contribution < -0.4 is 15.8 Å². The van der Waals surface area contributed by atoms with Gasteiger partial charge in [-0.1, -0.05) is 12.1 Å². The second kappa shape index (κ2) is 6.20. The summed E-state index contributed by atoms with van der Waals surface area (Å²) in [4.78, 5) is 16.7. The molecule has 26 heavy (non-hydrogen) atoms. The molecule has 1 amide bonds. The molecule has 1 aliphatic heterocycles. The van der Waals surface area contributed by atoms with Gasteiger partial charge >= 0.3 is 0 Å². The minimum absolute atomic E-state index is 0.196. The molecule has 0 saturated carbocycles. The molecule has 1 aliphatic rings. The van der Waals surface area contributed by atoms with Crippen LogP contribution in [-0.4, -0.2) is 19.3 Å². The lowest BCUT2D eigenvalue weighted by atomic mass is 10.1. The van der Waals surface area contributed by atoms with Crippen molar-refractivity contribution in [2.24, 2.45) is 5.14 Å². The second-order valence-corrected chi connectivity index (χ2v) is 8.35. The fourth-order valence-electron chi connectivity index (χ4n) is 2.83. The number of hydrogen-bond donors (Lipinski definition) is 3. The molecule has 7 nitrogen and oxygen atoms in total. The van der Waals surface area contributed by atoms with Gasteiger partial charge in [0.25, 0.3) is 5.91 Å². The van der Waals surface area contributed by atoms with E-state index in [0.717, 1.165) is 27.2 Å². The summed E-state index contributed by atoms with van der Waals surface area (Å²) in [5.74, 6) is -0.412. The Kier molecular flexibility index (Phi) is 3.98. The molecule has 2 aromatic carbocycles. The Morgan fingerprint density at radius 1 is 1.19 bits per heavy atom. The van der Waals surface area contributed by atoms with Crippen LogP contribution in [0.5, 0.6) is 0 Å². The van der Waals surface area contributed by atoms with Crippen molar-refractivity contribution in [1.82, 2.24) is 4.98 Å². The quantitative estimate of drug-likeness (QED) is 0.596. The molecule has 0 radical (unpaired) electrons. The van der Waals surface area contributed by atoms with Gasteiger partial charge in [-0.2, -0.15) is 0 Å². The summed E-state index contributed by atoms with van der Waals surface area (Å²) in [5, 5.41) is 11.0. The van der Waals surface area contributed by atoms with E-state index < -0.39 is 10.0 Å². The molecule has 0 spiro atoms. The number of fused-ring (bicyclic) bond motifs is 3. The number of rotatable bonds is 4. The highest BCUT2D eigenvalue weighted by atomic mass is 32.2. The number of carbonyl (C=O) groups is 1. The first-order valence-corrected chi connectivity index (χ1v) is 10.2. The Morgan fingerprint density at radius 2 is 1.96 bits per heavy atom. The van der Waals surface area contributed by atoms with Crippen molar-refractivity contribution in [3.8, 4) is 0 Å². The molecular weight excluding hydrogens is 372 g/mol. The number of benzene rings is 2.